The van der Waals surface area contributed by atoms with Gasteiger partial charge in [0.15, 0.2) is 0 Å². The zero-order valence-electron chi connectivity index (χ0n) is 19.0. The van der Waals surface area contributed by atoms with Gasteiger partial charge in [-0.25, -0.2) is 18.2 Å². The fourth-order valence-electron chi connectivity index (χ4n) is 3.82. The highest BCUT2D eigenvalue weighted by Crippen LogP contribution is 2.42. The maximum Gasteiger partial charge on any atom is 0.272 e. The Bertz CT molecular complexity index is 1060. The predicted octanol–water partition coefficient (Wildman–Crippen LogP) is 4.38. The van der Waals surface area contributed by atoms with E-state index in [1.54, 1.807) is 30.5 Å². The molecule has 0 amide bonds. The van der Waals surface area contributed by atoms with Crippen molar-refractivity contribution in [3.05, 3.63) is 71.1 Å². The fraction of sp³-hybridized carbons (Fsp3) is 0.417. The Morgan fingerprint density at radius 3 is 2.39 bits per heavy atom. The van der Waals surface area contributed by atoms with Gasteiger partial charge < -0.3 is 19.6 Å². The molecule has 3 rings (SSSR count). The van der Waals surface area contributed by atoms with Gasteiger partial charge in [0.25, 0.3) is 6.43 Å². The molecule has 0 aliphatic carbocycles. The van der Waals surface area contributed by atoms with Gasteiger partial charge in [-0.05, 0) is 44.5 Å². The van der Waals surface area contributed by atoms with E-state index in [4.69, 9.17) is 9.47 Å². The van der Waals surface area contributed by atoms with Crippen molar-refractivity contribution < 1.29 is 27.8 Å². The smallest absolute Gasteiger partial charge is 0.272 e. The molecule has 1 atom stereocenters. The largest absolute Gasteiger partial charge is 0.496 e. The third-order valence-electron chi connectivity index (χ3n) is 5.24. The van der Waals surface area contributed by atoms with Gasteiger partial charge in [0.2, 0.25) is 0 Å². The maximum atomic E-state index is 14.4. The first-order valence-electron chi connectivity index (χ1n) is 10.5. The number of rotatable bonds is 10. The Balaban J connectivity index is 2.20. The van der Waals surface area contributed by atoms with Gasteiger partial charge in [-0.1, -0.05) is 12.1 Å². The van der Waals surface area contributed by atoms with Crippen LogP contribution in [0.25, 0.3) is 0 Å². The van der Waals surface area contributed by atoms with Crippen molar-refractivity contribution in [3.8, 4) is 11.5 Å². The molecule has 0 saturated heterocycles. The number of benzene rings is 1. The Morgan fingerprint density at radius 2 is 1.88 bits per heavy atom. The summed E-state index contributed by atoms with van der Waals surface area (Å²) in [6.45, 7) is 3.62. The lowest BCUT2D eigenvalue weighted by Gasteiger charge is -2.32. The van der Waals surface area contributed by atoms with Gasteiger partial charge in [0, 0.05) is 23.9 Å². The molecule has 0 aliphatic rings. The number of hydrogen-bond donors (Lipinski definition) is 2. The fourth-order valence-corrected chi connectivity index (χ4v) is 3.82. The van der Waals surface area contributed by atoms with Crippen molar-refractivity contribution in [2.75, 3.05) is 20.3 Å². The topological polar surface area (TPSA) is 80.3 Å². The van der Waals surface area contributed by atoms with Crippen molar-refractivity contribution in [1.29, 1.82) is 0 Å². The highest BCUT2D eigenvalue weighted by Gasteiger charge is 2.43. The van der Waals surface area contributed by atoms with Crippen LogP contribution in [0.4, 0.5) is 13.2 Å². The lowest BCUT2D eigenvalue weighted by Crippen LogP contribution is -2.36. The standard InChI is InChI=1S/C24H28F3N3O3/c1-15-11-29-22(30-15)24(14-31,20-8-6-17(12-28-20)33-13-21(25)26)18-9-16(10-23(2,3)27)5-7-19(18)32-4/h5-9,11-12,21,31H,10,13-14H2,1-4H3,(H,29,30). The molecule has 9 heteroatoms. The highest BCUT2D eigenvalue weighted by atomic mass is 19.3. The molecule has 2 heterocycles. The van der Waals surface area contributed by atoms with Crippen LogP contribution in [-0.4, -0.2) is 52.5 Å². The summed E-state index contributed by atoms with van der Waals surface area (Å²) in [5.41, 5.74) is -0.346. The van der Waals surface area contributed by atoms with Crippen LogP contribution in [0.2, 0.25) is 0 Å². The Hall–Kier alpha value is -3.07. The van der Waals surface area contributed by atoms with Gasteiger partial charge in [-0.15, -0.1) is 0 Å². The monoisotopic (exact) mass is 463 g/mol. The number of hydrogen-bond acceptors (Lipinski definition) is 5. The molecule has 6 nitrogen and oxygen atoms in total. The number of pyridine rings is 1. The molecule has 0 fully saturated rings. The first-order chi connectivity index (χ1) is 15.6. The second kappa shape index (κ2) is 9.82. The minimum absolute atomic E-state index is 0.149. The van der Waals surface area contributed by atoms with E-state index in [1.165, 1.54) is 33.2 Å². The molecule has 0 aliphatic heterocycles. The van der Waals surface area contributed by atoms with Crippen molar-refractivity contribution in [2.24, 2.45) is 0 Å². The van der Waals surface area contributed by atoms with E-state index in [0.29, 0.717) is 28.4 Å². The molecule has 1 aromatic carbocycles. The van der Waals surface area contributed by atoms with E-state index < -0.39 is 30.7 Å². The number of halogens is 3. The number of aliphatic hydroxyl groups is 1. The van der Waals surface area contributed by atoms with Crippen LogP contribution in [0, 0.1) is 6.92 Å². The average Bonchev–Trinajstić information content (AvgIpc) is 3.19. The van der Waals surface area contributed by atoms with E-state index in [1.807, 2.05) is 6.92 Å². The number of aliphatic hydroxyl groups excluding tert-OH is 1. The van der Waals surface area contributed by atoms with Crippen molar-refractivity contribution in [1.82, 2.24) is 15.0 Å². The second-order valence-electron chi connectivity index (χ2n) is 8.49. The van der Waals surface area contributed by atoms with Crippen LogP contribution in [0.15, 0.2) is 42.7 Å². The van der Waals surface area contributed by atoms with Crippen LogP contribution in [0.1, 0.15) is 42.2 Å². The molecule has 2 N–H and O–H groups in total. The van der Waals surface area contributed by atoms with Crippen LogP contribution >= 0.6 is 0 Å². The van der Waals surface area contributed by atoms with Crippen molar-refractivity contribution >= 4 is 0 Å². The van der Waals surface area contributed by atoms with Crippen LogP contribution in [0.3, 0.4) is 0 Å². The number of H-pyrrole nitrogens is 1. The number of methoxy groups -OCH3 is 1. The third kappa shape index (κ3) is 5.47. The number of nitrogens with one attached hydrogen (secondary N) is 1. The molecule has 178 valence electrons. The van der Waals surface area contributed by atoms with Crippen molar-refractivity contribution in [2.45, 2.75) is 44.7 Å². The first kappa shape index (κ1) is 24.6. The molecule has 2 aromatic heterocycles. The molecule has 0 bridgehead atoms. The predicted molar refractivity (Wildman–Crippen MR) is 118 cm³/mol. The number of alkyl halides is 3. The summed E-state index contributed by atoms with van der Waals surface area (Å²) in [7, 11) is 1.50. The number of imidazole rings is 1. The number of ether oxygens (including phenoxy) is 2. The molecule has 3 aromatic rings. The first-order valence-corrected chi connectivity index (χ1v) is 10.5. The molecule has 0 spiro atoms. The SMILES string of the molecule is COc1ccc(CC(C)(C)F)cc1C(CO)(c1ccc(OCC(F)F)cn1)c1ncc(C)[nH]1. The number of aromatic nitrogens is 3. The normalized spacial score (nSPS) is 13.7. The lowest BCUT2D eigenvalue weighted by molar-refractivity contribution is 0.0817. The Kier molecular flexibility index (Phi) is 7.31. The van der Waals surface area contributed by atoms with Crippen LogP contribution < -0.4 is 9.47 Å². The van der Waals surface area contributed by atoms with E-state index in [2.05, 4.69) is 15.0 Å². The van der Waals surface area contributed by atoms with Crippen LogP contribution in [-0.2, 0) is 11.8 Å². The number of aromatic amines is 1. The lowest BCUT2D eigenvalue weighted by atomic mass is 9.75. The zero-order chi connectivity index (χ0) is 24.2. The summed E-state index contributed by atoms with van der Waals surface area (Å²) in [5, 5.41) is 10.8. The van der Waals surface area contributed by atoms with Gasteiger partial charge in [0.1, 0.15) is 35.0 Å². The molecule has 33 heavy (non-hydrogen) atoms. The third-order valence-corrected chi connectivity index (χ3v) is 5.24. The quantitative estimate of drug-likeness (QED) is 0.466. The van der Waals surface area contributed by atoms with E-state index >= 15 is 0 Å². The molecule has 1 unspecified atom stereocenters. The highest BCUT2D eigenvalue weighted by molar-refractivity contribution is 5.53. The summed E-state index contributed by atoms with van der Waals surface area (Å²) < 4.78 is 50.0. The molecular weight excluding hydrogens is 435 g/mol. The number of aryl methyl sites for hydroxylation is 1. The Morgan fingerprint density at radius 1 is 1.12 bits per heavy atom. The molecular formula is C24H28F3N3O3. The summed E-state index contributed by atoms with van der Waals surface area (Å²) >= 11 is 0. The maximum absolute atomic E-state index is 14.4. The zero-order valence-corrected chi connectivity index (χ0v) is 19.0. The second-order valence-corrected chi connectivity index (χ2v) is 8.49. The van der Waals surface area contributed by atoms with E-state index in [9.17, 15) is 18.3 Å². The minimum Gasteiger partial charge on any atom is -0.496 e. The summed E-state index contributed by atoms with van der Waals surface area (Å²) in [6.07, 6.45) is 0.482. The Labute approximate surface area is 190 Å². The summed E-state index contributed by atoms with van der Waals surface area (Å²) in [4.78, 5) is 12.0. The number of nitrogens with zero attached hydrogens (tertiary/aromatic N) is 2. The summed E-state index contributed by atoms with van der Waals surface area (Å²) in [5.74, 6) is 1.03. The van der Waals surface area contributed by atoms with Gasteiger partial charge in [-0.2, -0.15) is 0 Å². The van der Waals surface area contributed by atoms with E-state index in [-0.39, 0.29) is 12.2 Å². The summed E-state index contributed by atoms with van der Waals surface area (Å²) in [6, 6.07) is 8.35. The molecule has 0 radical (unpaired) electrons. The van der Waals surface area contributed by atoms with Gasteiger partial charge in [0.05, 0.1) is 25.6 Å². The minimum atomic E-state index is -2.61. The molecule has 0 saturated carbocycles. The average molecular weight is 464 g/mol. The van der Waals surface area contributed by atoms with Gasteiger partial charge >= 0.3 is 0 Å². The van der Waals surface area contributed by atoms with Crippen LogP contribution in [0.5, 0.6) is 11.5 Å². The van der Waals surface area contributed by atoms with Crippen molar-refractivity contribution in [3.63, 3.8) is 0 Å². The van der Waals surface area contributed by atoms with Gasteiger partial charge in [-0.3, -0.25) is 4.98 Å². The van der Waals surface area contributed by atoms with E-state index in [0.717, 1.165) is 5.69 Å².